The third kappa shape index (κ3) is 2.79. The van der Waals surface area contributed by atoms with E-state index in [9.17, 15) is 4.79 Å². The predicted molar refractivity (Wildman–Crippen MR) is 46.0 cm³/mol. The number of esters is 1. The Morgan fingerprint density at radius 1 is 1.50 bits per heavy atom. The summed E-state index contributed by atoms with van der Waals surface area (Å²) in [6.45, 7) is 2.32. The van der Waals surface area contributed by atoms with Crippen LogP contribution in [-0.2, 0) is 14.3 Å². The summed E-state index contributed by atoms with van der Waals surface area (Å²) < 4.78 is 9.53. The van der Waals surface area contributed by atoms with E-state index in [1.807, 2.05) is 0 Å². The average molecular weight is 175 g/mol. The Hall–Kier alpha value is -0.610. The van der Waals surface area contributed by atoms with Crippen molar-refractivity contribution >= 4 is 5.97 Å². The highest BCUT2D eigenvalue weighted by atomic mass is 16.5. The van der Waals surface area contributed by atoms with E-state index in [4.69, 9.17) is 4.74 Å². The molecule has 0 saturated carbocycles. The summed E-state index contributed by atoms with van der Waals surface area (Å²) in [5.74, 6) is -0.262. The van der Waals surface area contributed by atoms with Gasteiger partial charge in [0.15, 0.2) is 0 Å². The Morgan fingerprint density at radius 3 is 2.42 bits per heavy atom. The number of hydrogen-bond donors (Lipinski definition) is 1. The van der Waals surface area contributed by atoms with Crippen molar-refractivity contribution in [2.45, 2.75) is 18.9 Å². The Kier molecular flexibility index (Phi) is 4.85. The first-order valence-electron chi connectivity index (χ1n) is 3.87. The molecular weight excluding hydrogens is 158 g/mol. The van der Waals surface area contributed by atoms with Crippen molar-refractivity contribution in [1.82, 2.24) is 5.32 Å². The van der Waals surface area contributed by atoms with Gasteiger partial charge in [0.05, 0.1) is 7.11 Å². The maximum atomic E-state index is 11.2. The summed E-state index contributed by atoms with van der Waals surface area (Å²) >= 11 is 0. The summed E-state index contributed by atoms with van der Waals surface area (Å²) in [7, 11) is 4.71. The summed E-state index contributed by atoms with van der Waals surface area (Å²) in [6, 6.07) is 0. The third-order valence-electron chi connectivity index (χ3n) is 1.99. The van der Waals surface area contributed by atoms with Crippen molar-refractivity contribution in [3.8, 4) is 0 Å². The first-order chi connectivity index (χ1) is 5.60. The van der Waals surface area contributed by atoms with Crippen molar-refractivity contribution in [3.63, 3.8) is 0 Å². The van der Waals surface area contributed by atoms with E-state index in [1.165, 1.54) is 7.11 Å². The van der Waals surface area contributed by atoms with Crippen molar-refractivity contribution in [2.75, 3.05) is 27.9 Å². The number of nitrogens with one attached hydrogen (secondary N) is 1. The van der Waals surface area contributed by atoms with Crippen molar-refractivity contribution < 1.29 is 14.3 Å². The number of ether oxygens (including phenoxy) is 2. The van der Waals surface area contributed by atoms with Gasteiger partial charge in [-0.3, -0.25) is 4.79 Å². The van der Waals surface area contributed by atoms with Crippen molar-refractivity contribution in [1.29, 1.82) is 0 Å². The van der Waals surface area contributed by atoms with Crippen LogP contribution in [-0.4, -0.2) is 39.4 Å². The molecule has 0 amide bonds. The smallest absolute Gasteiger partial charge is 0.325 e. The lowest BCUT2D eigenvalue weighted by atomic mass is 9.99. The highest BCUT2D eigenvalue weighted by molar-refractivity contribution is 5.80. The summed E-state index contributed by atoms with van der Waals surface area (Å²) in [6.07, 6.45) is 0.604. The minimum atomic E-state index is -0.634. The van der Waals surface area contributed by atoms with Crippen LogP contribution < -0.4 is 5.32 Å². The molecule has 0 radical (unpaired) electrons. The van der Waals surface area contributed by atoms with Crippen LogP contribution in [0.3, 0.4) is 0 Å². The monoisotopic (exact) mass is 175 g/mol. The van der Waals surface area contributed by atoms with E-state index in [1.54, 1.807) is 21.1 Å². The molecule has 0 aliphatic rings. The number of carbonyl (C=O) groups is 1. The molecule has 4 nitrogen and oxygen atoms in total. The molecule has 4 heteroatoms. The van der Waals surface area contributed by atoms with E-state index >= 15 is 0 Å². The van der Waals surface area contributed by atoms with E-state index in [0.717, 1.165) is 0 Å². The van der Waals surface area contributed by atoms with Gasteiger partial charge in [-0.25, -0.2) is 0 Å². The molecule has 0 aliphatic carbocycles. The second kappa shape index (κ2) is 5.11. The molecule has 72 valence electrons. The zero-order valence-corrected chi connectivity index (χ0v) is 8.14. The van der Waals surface area contributed by atoms with E-state index in [-0.39, 0.29) is 5.97 Å². The Balaban J connectivity index is 4.13. The maximum absolute atomic E-state index is 11.2. The van der Waals surface area contributed by atoms with Gasteiger partial charge in [0.1, 0.15) is 5.54 Å². The Bertz CT molecular complexity index is 149. The molecule has 0 aromatic rings. The van der Waals surface area contributed by atoms with Crippen LogP contribution >= 0.6 is 0 Å². The second-order valence-corrected chi connectivity index (χ2v) is 2.82. The number of hydrogen-bond acceptors (Lipinski definition) is 4. The molecule has 12 heavy (non-hydrogen) atoms. The second-order valence-electron chi connectivity index (χ2n) is 2.82. The fraction of sp³-hybridized carbons (Fsp3) is 0.875. The zero-order chi connectivity index (χ0) is 9.61. The van der Waals surface area contributed by atoms with E-state index in [2.05, 4.69) is 10.1 Å². The first-order valence-corrected chi connectivity index (χ1v) is 3.87. The van der Waals surface area contributed by atoms with Crippen molar-refractivity contribution in [3.05, 3.63) is 0 Å². The molecular formula is C8H17NO3. The number of likely N-dealkylation sites (N-methyl/N-ethyl adjacent to an activating group) is 1. The largest absolute Gasteiger partial charge is 0.468 e. The van der Waals surface area contributed by atoms with Crippen LogP contribution in [0.2, 0.25) is 0 Å². The lowest BCUT2D eigenvalue weighted by Gasteiger charge is -2.25. The molecule has 0 aliphatic heterocycles. The average Bonchev–Trinajstić information content (AvgIpc) is 2.12. The Labute approximate surface area is 73.2 Å². The van der Waals surface area contributed by atoms with Gasteiger partial charge in [0.2, 0.25) is 0 Å². The maximum Gasteiger partial charge on any atom is 0.325 e. The zero-order valence-electron chi connectivity index (χ0n) is 8.14. The highest BCUT2D eigenvalue weighted by Gasteiger charge is 2.31. The minimum absolute atomic E-state index is 0.262. The first kappa shape index (κ1) is 11.4. The molecule has 1 N–H and O–H groups in total. The lowest BCUT2D eigenvalue weighted by molar-refractivity contribution is -0.148. The molecule has 1 unspecified atom stereocenters. The normalized spacial score (nSPS) is 15.3. The summed E-state index contributed by atoms with van der Waals surface area (Å²) in [5.41, 5.74) is -0.634. The van der Waals surface area contributed by atoms with Crippen LogP contribution in [0.5, 0.6) is 0 Å². The van der Waals surface area contributed by atoms with Crippen LogP contribution in [0, 0.1) is 0 Å². The molecule has 0 aromatic heterocycles. The van der Waals surface area contributed by atoms with Crippen LogP contribution in [0.25, 0.3) is 0 Å². The number of carbonyl (C=O) groups excluding carboxylic acids is 1. The van der Waals surface area contributed by atoms with Gasteiger partial charge in [-0.15, -0.1) is 0 Å². The van der Waals surface area contributed by atoms with Crippen molar-refractivity contribution in [2.24, 2.45) is 0 Å². The van der Waals surface area contributed by atoms with Gasteiger partial charge >= 0.3 is 5.97 Å². The SMILES string of the molecule is CNC(C)(CCOC)C(=O)OC. The van der Waals surface area contributed by atoms with Gasteiger partial charge in [0, 0.05) is 13.7 Å². The quantitative estimate of drug-likeness (QED) is 0.605. The molecule has 0 aromatic carbocycles. The fourth-order valence-corrected chi connectivity index (χ4v) is 0.861. The molecule has 0 saturated heterocycles. The van der Waals surface area contributed by atoms with Gasteiger partial charge in [-0.1, -0.05) is 0 Å². The van der Waals surface area contributed by atoms with Crippen LogP contribution in [0.4, 0.5) is 0 Å². The molecule has 0 bridgehead atoms. The van der Waals surface area contributed by atoms with E-state index < -0.39 is 5.54 Å². The van der Waals surface area contributed by atoms with Crippen LogP contribution in [0.15, 0.2) is 0 Å². The summed E-state index contributed by atoms with van der Waals surface area (Å²) in [5, 5.41) is 2.91. The van der Waals surface area contributed by atoms with Gasteiger partial charge in [0.25, 0.3) is 0 Å². The molecule has 0 spiro atoms. The number of methoxy groups -OCH3 is 2. The van der Waals surface area contributed by atoms with Gasteiger partial charge < -0.3 is 14.8 Å². The molecule has 0 heterocycles. The third-order valence-corrected chi connectivity index (χ3v) is 1.99. The standard InChI is InChI=1S/C8H17NO3/c1-8(9-2,5-6-11-3)7(10)12-4/h9H,5-6H2,1-4H3. The molecule has 0 fully saturated rings. The van der Waals surface area contributed by atoms with Crippen LogP contribution in [0.1, 0.15) is 13.3 Å². The van der Waals surface area contributed by atoms with Gasteiger partial charge in [-0.2, -0.15) is 0 Å². The van der Waals surface area contributed by atoms with Gasteiger partial charge in [-0.05, 0) is 20.4 Å². The summed E-state index contributed by atoms with van der Waals surface area (Å²) in [4.78, 5) is 11.2. The predicted octanol–water partition coefficient (Wildman–Crippen LogP) is 0.174. The molecule has 1 atom stereocenters. The Morgan fingerprint density at radius 2 is 2.08 bits per heavy atom. The fourth-order valence-electron chi connectivity index (χ4n) is 0.861. The topological polar surface area (TPSA) is 47.6 Å². The minimum Gasteiger partial charge on any atom is -0.468 e. The number of rotatable bonds is 5. The molecule has 0 rings (SSSR count). The lowest BCUT2D eigenvalue weighted by Crippen LogP contribution is -2.49. The highest BCUT2D eigenvalue weighted by Crippen LogP contribution is 2.10. The van der Waals surface area contributed by atoms with E-state index in [0.29, 0.717) is 13.0 Å².